The van der Waals surface area contributed by atoms with Gasteiger partial charge in [0.15, 0.2) is 5.96 Å². The van der Waals surface area contributed by atoms with Crippen LogP contribution in [-0.2, 0) is 23.4 Å². The van der Waals surface area contributed by atoms with Crippen molar-refractivity contribution in [1.82, 2.24) is 25.1 Å². The molecule has 3 heterocycles. The summed E-state index contributed by atoms with van der Waals surface area (Å²) in [6.45, 7) is 7.03. The Morgan fingerprint density at radius 2 is 1.70 bits per heavy atom. The second kappa shape index (κ2) is 9.76. The highest BCUT2D eigenvalue weighted by atomic mass is 16.2. The normalized spacial score (nSPS) is 19.8. The van der Waals surface area contributed by atoms with Crippen molar-refractivity contribution in [3.63, 3.8) is 0 Å². The number of hydrogen-bond acceptors (Lipinski definition) is 5. The lowest BCUT2D eigenvalue weighted by atomic mass is 9.83. The fourth-order valence-corrected chi connectivity index (χ4v) is 5.21. The fraction of sp³-hybridized carbons (Fsp3) is 0.345. The zero-order valence-corrected chi connectivity index (χ0v) is 21.4. The minimum Gasteiger partial charge on any atom is -0.338 e. The number of guanidine groups is 1. The lowest BCUT2D eigenvalue weighted by molar-refractivity contribution is -0.133. The van der Waals surface area contributed by atoms with Gasteiger partial charge in [-0.05, 0) is 48.9 Å². The molecule has 3 aromatic rings. The average molecular weight is 497 g/mol. The molecule has 5 rings (SSSR count). The highest BCUT2D eigenvalue weighted by molar-refractivity contribution is 6.08. The van der Waals surface area contributed by atoms with Gasteiger partial charge in [0, 0.05) is 18.0 Å². The van der Waals surface area contributed by atoms with Gasteiger partial charge in [0.1, 0.15) is 5.54 Å². The van der Waals surface area contributed by atoms with Crippen LogP contribution >= 0.6 is 0 Å². The summed E-state index contributed by atoms with van der Waals surface area (Å²) >= 11 is 0. The molecule has 1 saturated heterocycles. The van der Waals surface area contributed by atoms with Crippen molar-refractivity contribution in [2.24, 2.45) is 5.92 Å². The highest BCUT2D eigenvalue weighted by Gasteiger charge is 2.51. The van der Waals surface area contributed by atoms with Crippen LogP contribution in [0.5, 0.6) is 0 Å². The third-order valence-electron chi connectivity index (χ3n) is 7.35. The van der Waals surface area contributed by atoms with Gasteiger partial charge >= 0.3 is 0 Å². The number of carbonyl (C=O) groups is 2. The molecule has 8 nitrogen and oxygen atoms in total. The number of fused-ring (bicyclic) bond motifs is 1. The summed E-state index contributed by atoms with van der Waals surface area (Å²) in [7, 11) is 0. The van der Waals surface area contributed by atoms with E-state index in [2.05, 4.69) is 29.1 Å². The van der Waals surface area contributed by atoms with Crippen LogP contribution in [0.25, 0.3) is 0 Å². The van der Waals surface area contributed by atoms with Crippen LogP contribution < -0.4 is 5.32 Å². The van der Waals surface area contributed by atoms with Gasteiger partial charge in [-0.25, -0.2) is 0 Å². The Balaban J connectivity index is 1.40. The van der Waals surface area contributed by atoms with E-state index in [9.17, 15) is 9.59 Å². The van der Waals surface area contributed by atoms with E-state index in [1.165, 1.54) is 4.90 Å². The molecule has 0 bridgehead atoms. The van der Waals surface area contributed by atoms with E-state index in [1.807, 2.05) is 55.5 Å². The van der Waals surface area contributed by atoms with Gasteiger partial charge in [-0.3, -0.25) is 29.9 Å². The molecule has 1 fully saturated rings. The number of hydrogen-bond donors (Lipinski definition) is 2. The molecule has 1 aromatic heterocycles. The molecule has 2 N–H and O–H groups in total. The Kier molecular flexibility index (Phi) is 6.50. The number of benzene rings is 2. The standard InChI is InChI=1S/C29H32N6O2/c1-19(2)12-13-29(23-10-5-4-6-11-23)27(37)35(28(30)33-29)20(3)21-8-7-9-22(16-21)26(36)34-17-24-25(18-34)32-15-14-31-24/h4-11,14-16,19-20H,12-13,17-18H2,1-3H3,(H2,30,33)/t20-,29-/m1/s1. The van der Waals surface area contributed by atoms with Crippen molar-refractivity contribution in [3.05, 3.63) is 95.1 Å². The van der Waals surface area contributed by atoms with Crippen LogP contribution in [0.2, 0.25) is 0 Å². The van der Waals surface area contributed by atoms with Crippen molar-refractivity contribution in [3.8, 4) is 0 Å². The van der Waals surface area contributed by atoms with Crippen LogP contribution in [0.4, 0.5) is 0 Å². The van der Waals surface area contributed by atoms with E-state index in [0.717, 1.165) is 28.9 Å². The number of amides is 2. The summed E-state index contributed by atoms with van der Waals surface area (Å²) in [5.41, 5.74) is 2.86. The number of carbonyl (C=O) groups excluding carboxylic acids is 2. The second-order valence-electron chi connectivity index (χ2n) is 10.3. The van der Waals surface area contributed by atoms with E-state index < -0.39 is 11.6 Å². The first-order chi connectivity index (χ1) is 17.8. The molecule has 0 spiro atoms. The first-order valence-electron chi connectivity index (χ1n) is 12.7. The lowest BCUT2D eigenvalue weighted by Gasteiger charge is -2.30. The molecule has 8 heteroatoms. The number of rotatable bonds is 7. The van der Waals surface area contributed by atoms with Gasteiger partial charge in [0.05, 0.1) is 30.5 Å². The monoisotopic (exact) mass is 496 g/mol. The van der Waals surface area contributed by atoms with Crippen molar-refractivity contribution >= 4 is 17.8 Å². The molecule has 0 saturated carbocycles. The molecule has 2 aromatic carbocycles. The van der Waals surface area contributed by atoms with Crippen LogP contribution in [0, 0.1) is 11.3 Å². The summed E-state index contributed by atoms with van der Waals surface area (Å²) in [6.07, 6.45) is 4.72. The maximum atomic E-state index is 14.1. The largest absolute Gasteiger partial charge is 0.338 e. The van der Waals surface area contributed by atoms with Gasteiger partial charge in [-0.2, -0.15) is 0 Å². The van der Waals surface area contributed by atoms with E-state index in [0.29, 0.717) is 31.0 Å². The molecule has 2 amide bonds. The zero-order chi connectivity index (χ0) is 26.2. The molecule has 37 heavy (non-hydrogen) atoms. The van der Waals surface area contributed by atoms with Crippen molar-refractivity contribution in [2.45, 2.75) is 58.3 Å². The van der Waals surface area contributed by atoms with Gasteiger partial charge in [0.2, 0.25) is 0 Å². The third-order valence-corrected chi connectivity index (χ3v) is 7.35. The summed E-state index contributed by atoms with van der Waals surface area (Å²) in [6, 6.07) is 16.6. The second-order valence-corrected chi connectivity index (χ2v) is 10.3. The van der Waals surface area contributed by atoms with E-state index in [1.54, 1.807) is 23.4 Å². The van der Waals surface area contributed by atoms with Crippen molar-refractivity contribution in [1.29, 1.82) is 5.41 Å². The molecule has 0 unspecified atom stereocenters. The summed E-state index contributed by atoms with van der Waals surface area (Å²) < 4.78 is 0. The Bertz CT molecular complexity index is 1320. The first kappa shape index (κ1) is 24.6. The zero-order valence-electron chi connectivity index (χ0n) is 21.4. The van der Waals surface area contributed by atoms with Crippen LogP contribution in [0.3, 0.4) is 0 Å². The van der Waals surface area contributed by atoms with Gasteiger partial charge in [-0.1, -0.05) is 56.3 Å². The van der Waals surface area contributed by atoms with E-state index in [-0.39, 0.29) is 17.8 Å². The Hall–Kier alpha value is -4.07. The van der Waals surface area contributed by atoms with Crippen LogP contribution in [0.15, 0.2) is 67.0 Å². The Morgan fingerprint density at radius 1 is 1.03 bits per heavy atom. The first-order valence-corrected chi connectivity index (χ1v) is 12.7. The van der Waals surface area contributed by atoms with Crippen molar-refractivity contribution in [2.75, 3.05) is 0 Å². The molecule has 2 aliphatic rings. The smallest absolute Gasteiger partial charge is 0.260 e. The Labute approximate surface area is 217 Å². The predicted molar refractivity (Wildman–Crippen MR) is 140 cm³/mol. The SMILES string of the molecule is CC(C)CC[C@]1(c2ccccc2)NC(=N)N([C@H](C)c2cccc(C(=O)N3Cc4nccnc4C3)c2)C1=O. The molecule has 2 atom stereocenters. The molecular weight excluding hydrogens is 464 g/mol. The number of nitrogens with zero attached hydrogens (tertiary/aromatic N) is 4. The fourth-order valence-electron chi connectivity index (χ4n) is 5.21. The predicted octanol–water partition coefficient (Wildman–Crippen LogP) is 4.39. The topological polar surface area (TPSA) is 102 Å². The van der Waals surface area contributed by atoms with Crippen LogP contribution in [-0.4, -0.2) is 37.5 Å². The lowest BCUT2D eigenvalue weighted by Crippen LogP contribution is -2.44. The van der Waals surface area contributed by atoms with Gasteiger partial charge in [0.25, 0.3) is 11.8 Å². The number of nitrogens with one attached hydrogen (secondary N) is 2. The van der Waals surface area contributed by atoms with Crippen molar-refractivity contribution < 1.29 is 9.59 Å². The number of aromatic nitrogens is 2. The van der Waals surface area contributed by atoms with E-state index in [4.69, 9.17) is 5.41 Å². The summed E-state index contributed by atoms with van der Waals surface area (Å²) in [5.74, 6) is 0.251. The van der Waals surface area contributed by atoms with Gasteiger partial charge < -0.3 is 10.2 Å². The average Bonchev–Trinajstić information content (AvgIpc) is 3.46. The quantitative estimate of drug-likeness (QED) is 0.505. The molecular formula is C29H32N6O2. The minimum absolute atomic E-state index is 0.0778. The molecule has 190 valence electrons. The van der Waals surface area contributed by atoms with Gasteiger partial charge in [-0.15, -0.1) is 0 Å². The maximum Gasteiger partial charge on any atom is 0.260 e. The maximum absolute atomic E-state index is 14.1. The third kappa shape index (κ3) is 4.48. The summed E-state index contributed by atoms with van der Waals surface area (Å²) in [5, 5.41) is 12.0. The molecule has 0 radical (unpaired) electrons. The molecule has 2 aliphatic heterocycles. The summed E-state index contributed by atoms with van der Waals surface area (Å²) in [4.78, 5) is 39.3. The Morgan fingerprint density at radius 3 is 2.35 bits per heavy atom. The minimum atomic E-state index is -0.981. The molecule has 0 aliphatic carbocycles. The van der Waals surface area contributed by atoms with Crippen LogP contribution in [0.1, 0.15) is 72.5 Å². The highest BCUT2D eigenvalue weighted by Crippen LogP contribution is 2.38. The van der Waals surface area contributed by atoms with E-state index >= 15 is 0 Å².